The van der Waals surface area contributed by atoms with Gasteiger partial charge in [0.1, 0.15) is 0 Å². The van der Waals surface area contributed by atoms with E-state index in [9.17, 15) is 4.79 Å². The van der Waals surface area contributed by atoms with Crippen molar-refractivity contribution in [2.24, 2.45) is 0 Å². The van der Waals surface area contributed by atoms with Gasteiger partial charge in [-0.3, -0.25) is 0 Å². The molecule has 132 valence electrons. The Hall–Kier alpha value is -1.30. The van der Waals surface area contributed by atoms with E-state index in [1.54, 1.807) is 6.08 Å². The summed E-state index contributed by atoms with van der Waals surface area (Å²) >= 11 is -0.574. The first kappa shape index (κ1) is 18.5. The normalized spacial score (nSPS) is 16.9. The number of unbranched alkanes of at least 4 members (excludes halogenated alkanes) is 5. The topological polar surface area (TPSA) is 26.3 Å². The zero-order valence-corrected chi connectivity index (χ0v) is 17.2. The third-order valence-corrected chi connectivity index (χ3v) is 8.04. The average molecular weight is 450 g/mol. The first-order valence-electron chi connectivity index (χ1n) is 9.35. The van der Waals surface area contributed by atoms with Crippen molar-refractivity contribution in [3.8, 4) is 0 Å². The van der Waals surface area contributed by atoms with E-state index < -0.39 is 20.9 Å². The van der Waals surface area contributed by atoms with Crippen LogP contribution in [0.15, 0.2) is 52.2 Å². The molecule has 0 radical (unpaired) electrons. The van der Waals surface area contributed by atoms with Crippen molar-refractivity contribution in [2.75, 3.05) is 0 Å². The molecule has 1 aliphatic heterocycles. The van der Waals surface area contributed by atoms with Crippen LogP contribution in [0.2, 0.25) is 0 Å². The fraction of sp³-hybridized carbons (Fsp3) is 0.409. The van der Waals surface area contributed by atoms with E-state index in [1.807, 2.05) is 0 Å². The van der Waals surface area contributed by atoms with Gasteiger partial charge in [-0.25, -0.2) is 0 Å². The van der Waals surface area contributed by atoms with Gasteiger partial charge in [-0.1, -0.05) is 0 Å². The Labute approximate surface area is 160 Å². The van der Waals surface area contributed by atoms with Crippen molar-refractivity contribution >= 4 is 41.3 Å². The number of benzene rings is 2. The van der Waals surface area contributed by atoms with Crippen LogP contribution in [0, 0.1) is 0 Å². The number of carbonyl (C=O) groups is 1. The number of rotatable bonds is 9. The number of hydrogen-bond acceptors (Lipinski definition) is 2. The molecule has 2 aromatic carbocycles. The van der Waals surface area contributed by atoms with Gasteiger partial charge in [0.05, 0.1) is 0 Å². The molecule has 25 heavy (non-hydrogen) atoms. The SMILES string of the molecule is CCCCCCCCC1OC(=O)C=C1[Te]c1cccc2ccccc12. The third kappa shape index (κ3) is 5.09. The van der Waals surface area contributed by atoms with Crippen LogP contribution in [0.25, 0.3) is 10.8 Å². The van der Waals surface area contributed by atoms with Crippen LogP contribution in [0.3, 0.4) is 0 Å². The molecule has 1 atom stereocenters. The summed E-state index contributed by atoms with van der Waals surface area (Å²) in [5.74, 6) is -0.142. The molecule has 3 heteroatoms. The van der Waals surface area contributed by atoms with Gasteiger partial charge in [0.2, 0.25) is 0 Å². The van der Waals surface area contributed by atoms with Crippen molar-refractivity contribution in [3.63, 3.8) is 0 Å². The summed E-state index contributed by atoms with van der Waals surface area (Å²) in [7, 11) is 0. The molecule has 0 bridgehead atoms. The molecule has 2 aromatic rings. The zero-order chi connectivity index (χ0) is 17.5. The number of esters is 1. The number of hydrogen-bond donors (Lipinski definition) is 0. The van der Waals surface area contributed by atoms with Crippen LogP contribution < -0.4 is 3.61 Å². The maximum absolute atomic E-state index is 11.8. The minimum absolute atomic E-state index is 0.0278. The van der Waals surface area contributed by atoms with Gasteiger partial charge in [-0.05, 0) is 0 Å². The maximum atomic E-state index is 11.8. The molecule has 2 nitrogen and oxygen atoms in total. The first-order valence-corrected chi connectivity index (χ1v) is 11.7. The van der Waals surface area contributed by atoms with Crippen molar-refractivity contribution in [2.45, 2.75) is 58.0 Å². The molecule has 3 rings (SSSR count). The summed E-state index contributed by atoms with van der Waals surface area (Å²) in [6, 6.07) is 15.0. The third-order valence-electron chi connectivity index (χ3n) is 4.63. The van der Waals surface area contributed by atoms with Crippen LogP contribution in [-0.4, -0.2) is 33.0 Å². The van der Waals surface area contributed by atoms with Crippen molar-refractivity contribution in [1.29, 1.82) is 0 Å². The Morgan fingerprint density at radius 1 is 0.960 bits per heavy atom. The monoisotopic (exact) mass is 452 g/mol. The average Bonchev–Trinajstić information content (AvgIpc) is 2.97. The molecule has 0 fully saturated rings. The summed E-state index contributed by atoms with van der Waals surface area (Å²) in [6.07, 6.45) is 10.4. The van der Waals surface area contributed by atoms with Gasteiger partial charge < -0.3 is 0 Å². The van der Waals surface area contributed by atoms with Crippen LogP contribution in [0.4, 0.5) is 0 Å². The molecule has 0 aliphatic carbocycles. The van der Waals surface area contributed by atoms with E-state index >= 15 is 0 Å². The van der Waals surface area contributed by atoms with Gasteiger partial charge in [0.25, 0.3) is 0 Å². The number of fused-ring (bicyclic) bond motifs is 1. The molecule has 0 aromatic heterocycles. The van der Waals surface area contributed by atoms with Crippen molar-refractivity contribution in [3.05, 3.63) is 52.2 Å². The summed E-state index contributed by atoms with van der Waals surface area (Å²) in [4.78, 5) is 11.8. The molecule has 1 aliphatic rings. The fourth-order valence-electron chi connectivity index (χ4n) is 3.26. The van der Waals surface area contributed by atoms with E-state index in [-0.39, 0.29) is 12.1 Å². The second kappa shape index (κ2) is 9.41. The molecular formula is C22H26O2Te. The van der Waals surface area contributed by atoms with E-state index in [0.29, 0.717) is 0 Å². The molecule has 1 unspecified atom stereocenters. The first-order chi connectivity index (χ1) is 12.3. The number of carbonyl (C=O) groups excluding carboxylic acids is 1. The molecule has 1 heterocycles. The Morgan fingerprint density at radius 3 is 2.60 bits per heavy atom. The molecule has 0 amide bonds. The van der Waals surface area contributed by atoms with Crippen LogP contribution in [0.5, 0.6) is 0 Å². The predicted molar refractivity (Wildman–Crippen MR) is 105 cm³/mol. The summed E-state index contributed by atoms with van der Waals surface area (Å²) < 4.78 is 8.25. The molecule has 0 saturated carbocycles. The van der Waals surface area contributed by atoms with E-state index in [0.717, 1.165) is 12.8 Å². The van der Waals surface area contributed by atoms with E-state index in [2.05, 4.69) is 49.4 Å². The summed E-state index contributed by atoms with van der Waals surface area (Å²) in [5, 5.41) is 2.61. The Morgan fingerprint density at radius 2 is 1.72 bits per heavy atom. The Balaban J connectivity index is 1.61. The molecule has 0 N–H and O–H groups in total. The number of cyclic esters (lactones) is 1. The van der Waals surface area contributed by atoms with Crippen molar-refractivity contribution in [1.82, 2.24) is 0 Å². The van der Waals surface area contributed by atoms with Gasteiger partial charge in [-0.2, -0.15) is 0 Å². The Kier molecular flexibility index (Phi) is 6.96. The van der Waals surface area contributed by atoms with Gasteiger partial charge in [-0.15, -0.1) is 0 Å². The second-order valence-corrected chi connectivity index (χ2v) is 9.79. The molecule has 0 spiro atoms. The van der Waals surface area contributed by atoms with Crippen LogP contribution in [0.1, 0.15) is 51.9 Å². The Bertz CT molecular complexity index is 745. The fourth-order valence-corrected chi connectivity index (χ4v) is 6.54. The summed E-state index contributed by atoms with van der Waals surface area (Å²) in [5.41, 5.74) is 0. The quantitative estimate of drug-likeness (QED) is 0.314. The molecule has 0 saturated heterocycles. The standard InChI is InChI=1S/C22H26O2Te/c1-2-3-4-5-6-7-14-19-21(16-22(23)24-19)25-20-15-10-12-17-11-8-9-13-18(17)20/h8-13,15-16,19H,2-7,14H2,1H3. The van der Waals surface area contributed by atoms with Gasteiger partial charge in [0.15, 0.2) is 0 Å². The predicted octanol–water partition coefficient (Wildman–Crippen LogP) is 4.73. The van der Waals surface area contributed by atoms with Gasteiger partial charge in [0, 0.05) is 0 Å². The van der Waals surface area contributed by atoms with E-state index in [4.69, 9.17) is 4.74 Å². The zero-order valence-electron chi connectivity index (χ0n) is 14.9. The molecular weight excluding hydrogens is 424 g/mol. The van der Waals surface area contributed by atoms with Crippen LogP contribution in [-0.2, 0) is 9.53 Å². The van der Waals surface area contributed by atoms with Crippen LogP contribution >= 0.6 is 0 Å². The second-order valence-electron chi connectivity index (χ2n) is 6.61. The van der Waals surface area contributed by atoms with Gasteiger partial charge >= 0.3 is 161 Å². The van der Waals surface area contributed by atoms with Crippen molar-refractivity contribution < 1.29 is 9.53 Å². The minimum atomic E-state index is -0.574. The van der Waals surface area contributed by atoms with E-state index in [1.165, 1.54) is 50.1 Å². The number of ether oxygens (including phenoxy) is 1. The summed E-state index contributed by atoms with van der Waals surface area (Å²) in [6.45, 7) is 2.24.